The normalized spacial score (nSPS) is 20.6. The van der Waals surface area contributed by atoms with E-state index in [2.05, 4.69) is 39.1 Å². The standard InChI is InChI=1S/C17H24N4O/c1-6-21-13-15(11-14-2-9-22-10-3-14)19-17(21)12-16(1)20-7-4-18-5-8-20/h1,6,12-14,18H,2-5,7-11H2. The van der Waals surface area contributed by atoms with Crippen LogP contribution >= 0.6 is 0 Å². The van der Waals surface area contributed by atoms with Crippen molar-refractivity contribution >= 4 is 11.3 Å². The van der Waals surface area contributed by atoms with Gasteiger partial charge in [-0.05, 0) is 31.2 Å². The fraction of sp³-hybridized carbons (Fsp3) is 0.588. The number of anilines is 1. The molecular formula is C17H24N4O. The molecular weight excluding hydrogens is 276 g/mol. The summed E-state index contributed by atoms with van der Waals surface area (Å²) in [4.78, 5) is 7.28. The van der Waals surface area contributed by atoms with Gasteiger partial charge in [0.15, 0.2) is 0 Å². The average Bonchev–Trinajstić information content (AvgIpc) is 2.98. The second-order valence-electron chi connectivity index (χ2n) is 6.38. The highest BCUT2D eigenvalue weighted by Crippen LogP contribution is 2.22. The van der Waals surface area contributed by atoms with Gasteiger partial charge in [-0.25, -0.2) is 4.98 Å². The molecule has 0 amide bonds. The van der Waals surface area contributed by atoms with Crippen LogP contribution in [0.5, 0.6) is 0 Å². The number of hydrogen-bond donors (Lipinski definition) is 1. The van der Waals surface area contributed by atoms with E-state index in [0.717, 1.165) is 57.4 Å². The summed E-state index contributed by atoms with van der Waals surface area (Å²) in [6.45, 7) is 6.09. The molecule has 0 atom stereocenters. The Morgan fingerprint density at radius 2 is 2.05 bits per heavy atom. The number of pyridine rings is 1. The molecule has 4 rings (SSSR count). The zero-order chi connectivity index (χ0) is 14.8. The number of nitrogens with zero attached hydrogens (tertiary/aromatic N) is 3. The van der Waals surface area contributed by atoms with E-state index in [1.54, 1.807) is 0 Å². The number of fused-ring (bicyclic) bond motifs is 1. The highest BCUT2D eigenvalue weighted by molar-refractivity contribution is 5.57. The molecule has 0 bridgehead atoms. The van der Waals surface area contributed by atoms with E-state index in [4.69, 9.17) is 9.72 Å². The summed E-state index contributed by atoms with van der Waals surface area (Å²) in [7, 11) is 0. The van der Waals surface area contributed by atoms with Gasteiger partial charge in [-0.1, -0.05) is 0 Å². The van der Waals surface area contributed by atoms with E-state index >= 15 is 0 Å². The van der Waals surface area contributed by atoms with Crippen molar-refractivity contribution in [2.45, 2.75) is 19.3 Å². The maximum absolute atomic E-state index is 5.44. The van der Waals surface area contributed by atoms with Crippen molar-refractivity contribution in [2.24, 2.45) is 5.92 Å². The second-order valence-corrected chi connectivity index (χ2v) is 6.38. The molecule has 2 fully saturated rings. The predicted octanol–water partition coefficient (Wildman–Crippen LogP) is 1.71. The lowest BCUT2D eigenvalue weighted by Crippen LogP contribution is -2.43. The van der Waals surface area contributed by atoms with Crippen LogP contribution in [0.3, 0.4) is 0 Å². The van der Waals surface area contributed by atoms with Gasteiger partial charge in [0, 0.05) is 63.5 Å². The smallest absolute Gasteiger partial charge is 0.139 e. The molecule has 22 heavy (non-hydrogen) atoms. The first-order chi connectivity index (χ1) is 10.9. The molecule has 4 heterocycles. The van der Waals surface area contributed by atoms with Gasteiger partial charge in [-0.2, -0.15) is 0 Å². The first-order valence-corrected chi connectivity index (χ1v) is 8.39. The van der Waals surface area contributed by atoms with E-state index in [-0.39, 0.29) is 0 Å². The Kier molecular flexibility index (Phi) is 3.99. The molecule has 0 radical (unpaired) electrons. The summed E-state index contributed by atoms with van der Waals surface area (Å²) in [5, 5.41) is 3.40. The van der Waals surface area contributed by atoms with Gasteiger partial charge in [0.05, 0.1) is 5.69 Å². The third-order valence-corrected chi connectivity index (χ3v) is 4.81. The largest absolute Gasteiger partial charge is 0.381 e. The Hall–Kier alpha value is -1.59. The summed E-state index contributed by atoms with van der Waals surface area (Å²) in [5.74, 6) is 0.728. The van der Waals surface area contributed by atoms with E-state index in [1.165, 1.54) is 24.2 Å². The van der Waals surface area contributed by atoms with Crippen molar-refractivity contribution in [3.05, 3.63) is 30.2 Å². The lowest BCUT2D eigenvalue weighted by molar-refractivity contribution is 0.0663. The fourth-order valence-electron chi connectivity index (χ4n) is 3.49. The quantitative estimate of drug-likeness (QED) is 0.937. The summed E-state index contributed by atoms with van der Waals surface area (Å²) in [5.41, 5.74) is 3.57. The van der Waals surface area contributed by atoms with Crippen molar-refractivity contribution in [1.29, 1.82) is 0 Å². The Balaban J connectivity index is 1.52. The van der Waals surface area contributed by atoms with Crippen LogP contribution in [0.4, 0.5) is 5.69 Å². The maximum atomic E-state index is 5.44. The molecule has 0 saturated carbocycles. The van der Waals surface area contributed by atoms with Gasteiger partial charge in [0.2, 0.25) is 0 Å². The molecule has 0 unspecified atom stereocenters. The first-order valence-electron chi connectivity index (χ1n) is 8.39. The average molecular weight is 300 g/mol. The number of rotatable bonds is 3. The van der Waals surface area contributed by atoms with Gasteiger partial charge in [-0.15, -0.1) is 0 Å². The molecule has 2 saturated heterocycles. The molecule has 1 N–H and O–H groups in total. The summed E-state index contributed by atoms with van der Waals surface area (Å²) < 4.78 is 7.60. The Morgan fingerprint density at radius 3 is 2.86 bits per heavy atom. The molecule has 2 aliphatic heterocycles. The lowest BCUT2D eigenvalue weighted by atomic mass is 9.95. The molecule has 0 spiro atoms. The molecule has 5 nitrogen and oxygen atoms in total. The summed E-state index contributed by atoms with van der Waals surface area (Å²) in [6, 6.07) is 4.43. The van der Waals surface area contributed by atoms with Crippen molar-refractivity contribution in [3.63, 3.8) is 0 Å². The van der Waals surface area contributed by atoms with Gasteiger partial charge in [0.1, 0.15) is 5.65 Å². The molecule has 5 heteroatoms. The van der Waals surface area contributed by atoms with Crippen LogP contribution < -0.4 is 10.2 Å². The van der Waals surface area contributed by atoms with E-state index < -0.39 is 0 Å². The maximum Gasteiger partial charge on any atom is 0.139 e. The number of hydrogen-bond acceptors (Lipinski definition) is 4. The van der Waals surface area contributed by atoms with Crippen LogP contribution in [0.15, 0.2) is 24.5 Å². The van der Waals surface area contributed by atoms with Gasteiger partial charge >= 0.3 is 0 Å². The Bertz CT molecular complexity index is 627. The molecule has 2 aromatic heterocycles. The van der Waals surface area contributed by atoms with Gasteiger partial charge in [-0.3, -0.25) is 0 Å². The lowest BCUT2D eigenvalue weighted by Gasteiger charge is -2.29. The number of nitrogens with one attached hydrogen (secondary N) is 1. The molecule has 0 aromatic carbocycles. The van der Waals surface area contributed by atoms with E-state index in [1.807, 2.05) is 0 Å². The number of aromatic nitrogens is 2. The third kappa shape index (κ3) is 2.96. The fourth-order valence-corrected chi connectivity index (χ4v) is 3.49. The van der Waals surface area contributed by atoms with Crippen LogP contribution in [0.2, 0.25) is 0 Å². The first kappa shape index (κ1) is 14.0. The van der Waals surface area contributed by atoms with E-state index in [0.29, 0.717) is 0 Å². The van der Waals surface area contributed by atoms with E-state index in [9.17, 15) is 0 Å². The molecule has 2 aliphatic rings. The molecule has 2 aromatic rings. The zero-order valence-electron chi connectivity index (χ0n) is 13.0. The predicted molar refractivity (Wildman–Crippen MR) is 87.5 cm³/mol. The highest BCUT2D eigenvalue weighted by atomic mass is 16.5. The minimum absolute atomic E-state index is 0.728. The van der Waals surface area contributed by atoms with Crippen LogP contribution in [0, 0.1) is 5.92 Å². The van der Waals surface area contributed by atoms with Crippen LogP contribution in [0.1, 0.15) is 18.5 Å². The zero-order valence-corrected chi connectivity index (χ0v) is 13.0. The summed E-state index contributed by atoms with van der Waals surface area (Å²) in [6.07, 6.45) is 7.74. The van der Waals surface area contributed by atoms with Crippen molar-refractivity contribution in [1.82, 2.24) is 14.7 Å². The minimum atomic E-state index is 0.728. The topological polar surface area (TPSA) is 41.8 Å². The molecule has 0 aliphatic carbocycles. The Labute approximate surface area is 131 Å². The second kappa shape index (κ2) is 6.26. The SMILES string of the molecule is c1cn2cc(CC3CCOCC3)nc2cc1N1CCNCC1. The number of piperazine rings is 1. The highest BCUT2D eigenvalue weighted by Gasteiger charge is 2.16. The number of imidazole rings is 1. The third-order valence-electron chi connectivity index (χ3n) is 4.81. The molecule has 118 valence electrons. The summed E-state index contributed by atoms with van der Waals surface area (Å²) >= 11 is 0. The minimum Gasteiger partial charge on any atom is -0.381 e. The van der Waals surface area contributed by atoms with Crippen molar-refractivity contribution in [3.8, 4) is 0 Å². The Morgan fingerprint density at radius 1 is 1.23 bits per heavy atom. The number of ether oxygens (including phenoxy) is 1. The van der Waals surface area contributed by atoms with Gasteiger partial charge < -0.3 is 19.4 Å². The van der Waals surface area contributed by atoms with Crippen LogP contribution in [-0.4, -0.2) is 48.8 Å². The van der Waals surface area contributed by atoms with Crippen LogP contribution in [-0.2, 0) is 11.2 Å². The van der Waals surface area contributed by atoms with Crippen LogP contribution in [0.25, 0.3) is 5.65 Å². The van der Waals surface area contributed by atoms with Crippen molar-refractivity contribution in [2.75, 3.05) is 44.3 Å². The van der Waals surface area contributed by atoms with Crippen molar-refractivity contribution < 1.29 is 4.74 Å². The monoisotopic (exact) mass is 300 g/mol. The van der Waals surface area contributed by atoms with Gasteiger partial charge in [0.25, 0.3) is 0 Å².